The molecule has 8 nitrogen and oxygen atoms in total. The molecule has 8 heteroatoms. The highest BCUT2D eigenvalue weighted by Crippen LogP contribution is 2.44. The summed E-state index contributed by atoms with van der Waals surface area (Å²) in [7, 11) is 1.51. The van der Waals surface area contributed by atoms with Gasteiger partial charge in [0.05, 0.1) is 17.5 Å². The summed E-state index contributed by atoms with van der Waals surface area (Å²) in [6, 6.07) is 22.3. The number of rotatable bonds is 6. The van der Waals surface area contributed by atoms with E-state index in [4.69, 9.17) is 9.57 Å². The number of fused-ring (bicyclic) bond motifs is 4. The molecular formula is C27H22N2O6. The lowest BCUT2D eigenvalue weighted by atomic mass is 9.98. The molecule has 0 atom stereocenters. The van der Waals surface area contributed by atoms with Crippen molar-refractivity contribution in [2.75, 3.05) is 20.2 Å². The molecule has 0 aromatic heterocycles. The van der Waals surface area contributed by atoms with Gasteiger partial charge in [0.1, 0.15) is 6.61 Å². The van der Waals surface area contributed by atoms with Crippen molar-refractivity contribution in [3.63, 3.8) is 0 Å². The summed E-state index contributed by atoms with van der Waals surface area (Å²) >= 11 is 0. The summed E-state index contributed by atoms with van der Waals surface area (Å²) in [5.74, 6) is -2.26. The van der Waals surface area contributed by atoms with Gasteiger partial charge in [0, 0.05) is 19.5 Å². The molecule has 3 aromatic carbocycles. The Morgan fingerprint density at radius 1 is 0.800 bits per heavy atom. The van der Waals surface area contributed by atoms with Crippen molar-refractivity contribution >= 4 is 23.9 Å². The van der Waals surface area contributed by atoms with Gasteiger partial charge < -0.3 is 14.5 Å². The zero-order valence-corrected chi connectivity index (χ0v) is 19.0. The summed E-state index contributed by atoms with van der Waals surface area (Å²) in [6.45, 7) is 0.162. The second-order valence-electron chi connectivity index (χ2n) is 8.39. The van der Waals surface area contributed by atoms with E-state index in [1.165, 1.54) is 24.1 Å². The van der Waals surface area contributed by atoms with Gasteiger partial charge in [0.15, 0.2) is 0 Å². The van der Waals surface area contributed by atoms with Crippen molar-refractivity contribution in [2.24, 2.45) is 0 Å². The Morgan fingerprint density at radius 2 is 1.29 bits per heavy atom. The van der Waals surface area contributed by atoms with Crippen LogP contribution in [-0.4, -0.2) is 54.0 Å². The molecule has 0 spiro atoms. The molecule has 0 radical (unpaired) electrons. The molecule has 1 heterocycles. The van der Waals surface area contributed by atoms with E-state index < -0.39 is 23.9 Å². The summed E-state index contributed by atoms with van der Waals surface area (Å²) in [5, 5.41) is 0.459. The van der Waals surface area contributed by atoms with Gasteiger partial charge in [-0.05, 0) is 34.4 Å². The summed E-state index contributed by atoms with van der Waals surface area (Å²) in [6.07, 6.45) is -0.797. The summed E-state index contributed by atoms with van der Waals surface area (Å²) in [4.78, 5) is 55.7. The van der Waals surface area contributed by atoms with Gasteiger partial charge in [-0.25, -0.2) is 9.59 Å². The maximum atomic E-state index is 12.6. The van der Waals surface area contributed by atoms with Crippen LogP contribution in [0.3, 0.4) is 0 Å². The topological polar surface area (TPSA) is 93.2 Å². The van der Waals surface area contributed by atoms with Gasteiger partial charge in [-0.3, -0.25) is 9.59 Å². The third-order valence-corrected chi connectivity index (χ3v) is 6.25. The molecule has 0 saturated heterocycles. The van der Waals surface area contributed by atoms with E-state index in [0.29, 0.717) is 5.06 Å². The third-order valence-electron chi connectivity index (χ3n) is 6.25. The zero-order chi connectivity index (χ0) is 24.5. The number of hydrogen-bond acceptors (Lipinski definition) is 6. The summed E-state index contributed by atoms with van der Waals surface area (Å²) < 4.78 is 5.56. The van der Waals surface area contributed by atoms with Crippen molar-refractivity contribution in [3.05, 3.63) is 95.1 Å². The number of amides is 3. The van der Waals surface area contributed by atoms with E-state index >= 15 is 0 Å². The maximum Gasteiger partial charge on any atom is 0.409 e. The predicted octanol–water partition coefficient (Wildman–Crippen LogP) is 4.01. The normalized spacial score (nSPS) is 13.8. The Balaban J connectivity index is 1.14. The monoisotopic (exact) mass is 470 g/mol. The van der Waals surface area contributed by atoms with Crippen LogP contribution in [0.25, 0.3) is 11.1 Å². The van der Waals surface area contributed by atoms with Crippen LogP contribution in [0.4, 0.5) is 4.79 Å². The Bertz CT molecular complexity index is 1270. The predicted molar refractivity (Wildman–Crippen MR) is 125 cm³/mol. The Morgan fingerprint density at radius 3 is 1.83 bits per heavy atom. The second-order valence-corrected chi connectivity index (χ2v) is 8.39. The Labute approximate surface area is 201 Å². The first-order valence-electron chi connectivity index (χ1n) is 11.2. The van der Waals surface area contributed by atoms with Crippen LogP contribution in [0.2, 0.25) is 0 Å². The molecule has 1 aliphatic heterocycles. The van der Waals surface area contributed by atoms with Gasteiger partial charge in [-0.1, -0.05) is 65.7 Å². The minimum Gasteiger partial charge on any atom is -0.448 e. The highest BCUT2D eigenvalue weighted by Gasteiger charge is 2.38. The fourth-order valence-electron chi connectivity index (χ4n) is 4.45. The quantitative estimate of drug-likeness (QED) is 0.506. The SMILES string of the molecule is CN(CCC(=O)ON1C(=O)c2ccccc2C1=O)C(=O)OCC1c2ccccc2-c2ccccc21. The fraction of sp³-hybridized carbons (Fsp3) is 0.185. The van der Waals surface area contributed by atoms with Crippen LogP contribution in [0, 0.1) is 0 Å². The second kappa shape index (κ2) is 9.06. The van der Waals surface area contributed by atoms with Crippen molar-refractivity contribution in [3.8, 4) is 11.1 Å². The summed E-state index contributed by atoms with van der Waals surface area (Å²) in [5.41, 5.74) is 4.84. The van der Waals surface area contributed by atoms with Gasteiger partial charge in [0.2, 0.25) is 0 Å². The Hall–Kier alpha value is -4.46. The average molecular weight is 470 g/mol. The molecule has 3 aromatic rings. The third kappa shape index (κ3) is 4.03. The lowest BCUT2D eigenvalue weighted by molar-refractivity contribution is -0.168. The van der Waals surface area contributed by atoms with E-state index in [2.05, 4.69) is 12.1 Å². The Kier molecular flexibility index (Phi) is 5.78. The van der Waals surface area contributed by atoms with E-state index in [-0.39, 0.29) is 36.6 Å². The average Bonchev–Trinajstić information content (AvgIpc) is 3.33. The smallest absolute Gasteiger partial charge is 0.409 e. The van der Waals surface area contributed by atoms with Crippen molar-refractivity contribution in [2.45, 2.75) is 12.3 Å². The highest BCUT2D eigenvalue weighted by molar-refractivity contribution is 6.20. The maximum absolute atomic E-state index is 12.6. The van der Waals surface area contributed by atoms with Crippen molar-refractivity contribution < 1.29 is 28.8 Å². The highest BCUT2D eigenvalue weighted by atomic mass is 16.7. The van der Waals surface area contributed by atoms with Gasteiger partial charge in [-0.15, -0.1) is 0 Å². The van der Waals surface area contributed by atoms with Gasteiger partial charge >= 0.3 is 12.1 Å². The first-order valence-corrected chi connectivity index (χ1v) is 11.2. The number of carbonyl (C=O) groups is 4. The molecule has 3 amide bonds. The number of imide groups is 1. The lowest BCUT2D eigenvalue weighted by Gasteiger charge is -2.20. The van der Waals surface area contributed by atoms with Crippen LogP contribution < -0.4 is 0 Å². The molecule has 5 rings (SSSR count). The zero-order valence-electron chi connectivity index (χ0n) is 19.0. The molecule has 0 fully saturated rings. The number of hydroxylamine groups is 2. The first kappa shape index (κ1) is 22.3. The van der Waals surface area contributed by atoms with E-state index in [1.54, 1.807) is 12.1 Å². The number of hydrogen-bond donors (Lipinski definition) is 0. The molecule has 2 aliphatic rings. The molecule has 1 aliphatic carbocycles. The molecule has 0 bridgehead atoms. The molecule has 35 heavy (non-hydrogen) atoms. The van der Waals surface area contributed by atoms with Crippen molar-refractivity contribution in [1.29, 1.82) is 0 Å². The number of nitrogens with zero attached hydrogens (tertiary/aromatic N) is 2. The minimum absolute atomic E-state index is 0.00131. The van der Waals surface area contributed by atoms with E-state index in [9.17, 15) is 19.2 Å². The molecule has 176 valence electrons. The molecular weight excluding hydrogens is 448 g/mol. The molecule has 0 unspecified atom stereocenters. The van der Waals surface area contributed by atoms with Crippen LogP contribution in [0.1, 0.15) is 44.2 Å². The number of carbonyl (C=O) groups excluding carboxylic acids is 4. The van der Waals surface area contributed by atoms with Gasteiger partial charge in [-0.2, -0.15) is 0 Å². The van der Waals surface area contributed by atoms with E-state index in [1.807, 2.05) is 36.4 Å². The fourth-order valence-corrected chi connectivity index (χ4v) is 4.45. The van der Waals surface area contributed by atoms with Crippen LogP contribution in [0.5, 0.6) is 0 Å². The number of ether oxygens (including phenoxy) is 1. The molecule has 0 N–H and O–H groups in total. The lowest BCUT2D eigenvalue weighted by Crippen LogP contribution is -2.35. The number of benzene rings is 3. The van der Waals surface area contributed by atoms with Crippen LogP contribution in [0.15, 0.2) is 72.8 Å². The standard InChI is InChI=1S/C27H22N2O6/c1-28(15-14-24(30)35-29-25(31)21-12-6-7-13-22(21)26(29)32)27(33)34-16-23-19-10-4-2-8-17(19)18-9-3-5-11-20(18)23/h2-13,23H,14-16H2,1H3. The van der Waals surface area contributed by atoms with Crippen LogP contribution in [-0.2, 0) is 14.4 Å². The molecule has 0 saturated carbocycles. The van der Waals surface area contributed by atoms with Crippen molar-refractivity contribution in [1.82, 2.24) is 9.96 Å². The van der Waals surface area contributed by atoms with E-state index in [0.717, 1.165) is 22.3 Å². The van der Waals surface area contributed by atoms with Crippen LogP contribution >= 0.6 is 0 Å². The van der Waals surface area contributed by atoms with Gasteiger partial charge in [0.25, 0.3) is 11.8 Å². The largest absolute Gasteiger partial charge is 0.448 e. The first-order chi connectivity index (χ1) is 17.0. The minimum atomic E-state index is -0.808.